The number of fused-ring (bicyclic) bond motifs is 1. The molecular formula is C24H24ClN5O3S. The SMILES string of the molecule is CC(C)C(=O)Nc1ccc(Cl)c(N=C2NC(=O)/C(=C/c3ccc4nccnc4c3)S2)c1.CCO. The monoisotopic (exact) mass is 497 g/mol. The number of carbonyl (C=O) groups is 2. The Kier molecular flexibility index (Phi) is 8.75. The van der Waals surface area contributed by atoms with Gasteiger partial charge in [-0.05, 0) is 60.7 Å². The zero-order valence-corrected chi connectivity index (χ0v) is 20.4. The third-order valence-electron chi connectivity index (χ3n) is 4.40. The number of benzene rings is 2. The third kappa shape index (κ3) is 6.63. The number of anilines is 1. The van der Waals surface area contributed by atoms with Crippen molar-refractivity contribution in [2.45, 2.75) is 20.8 Å². The van der Waals surface area contributed by atoms with Crippen molar-refractivity contribution in [3.05, 3.63) is 64.3 Å². The molecule has 1 aromatic heterocycles. The standard InChI is InChI=1S/C22H18ClN5O2S.C2H6O/c1-12(2)20(29)26-14-4-5-15(23)17(11-14)27-22-28-21(30)19(31-22)10-13-3-6-16-18(9-13)25-8-7-24-16;1-2-3/h3-12H,1-2H3,(H,26,29)(H,27,28,30);3H,2H2,1H3/b19-10-;. The van der Waals surface area contributed by atoms with Crippen LogP contribution < -0.4 is 10.6 Å². The lowest BCUT2D eigenvalue weighted by Crippen LogP contribution is -2.19. The van der Waals surface area contributed by atoms with Gasteiger partial charge in [0.25, 0.3) is 5.91 Å². The molecule has 34 heavy (non-hydrogen) atoms. The molecule has 0 spiro atoms. The summed E-state index contributed by atoms with van der Waals surface area (Å²) in [5, 5.41) is 14.0. The Bertz CT molecular complexity index is 1280. The molecule has 2 amide bonds. The van der Waals surface area contributed by atoms with Gasteiger partial charge in [-0.2, -0.15) is 0 Å². The van der Waals surface area contributed by atoms with Crippen molar-refractivity contribution in [1.29, 1.82) is 0 Å². The third-order valence-corrected chi connectivity index (χ3v) is 5.63. The van der Waals surface area contributed by atoms with E-state index >= 15 is 0 Å². The zero-order chi connectivity index (χ0) is 24.7. The van der Waals surface area contributed by atoms with Crippen LogP contribution in [0.5, 0.6) is 0 Å². The minimum Gasteiger partial charge on any atom is -0.397 e. The average Bonchev–Trinajstić information content (AvgIpc) is 3.14. The molecule has 10 heteroatoms. The molecule has 0 saturated carbocycles. The second-order valence-corrected chi connectivity index (χ2v) is 8.85. The predicted octanol–water partition coefficient (Wildman–Crippen LogP) is 4.77. The van der Waals surface area contributed by atoms with Gasteiger partial charge in [-0.3, -0.25) is 19.6 Å². The number of rotatable bonds is 4. The van der Waals surface area contributed by atoms with Crippen molar-refractivity contribution in [1.82, 2.24) is 15.3 Å². The van der Waals surface area contributed by atoms with Gasteiger partial charge in [0.2, 0.25) is 5.91 Å². The molecule has 3 N–H and O–H groups in total. The molecule has 0 atom stereocenters. The van der Waals surface area contributed by atoms with E-state index in [-0.39, 0.29) is 24.3 Å². The van der Waals surface area contributed by atoms with Gasteiger partial charge in [0.15, 0.2) is 5.17 Å². The maximum Gasteiger partial charge on any atom is 0.264 e. The molecule has 1 aliphatic rings. The summed E-state index contributed by atoms with van der Waals surface area (Å²) >= 11 is 7.48. The number of carbonyl (C=O) groups excluding carboxylic acids is 2. The summed E-state index contributed by atoms with van der Waals surface area (Å²) in [6.45, 7) is 5.56. The smallest absolute Gasteiger partial charge is 0.264 e. The van der Waals surface area contributed by atoms with Crippen LogP contribution in [0.1, 0.15) is 26.3 Å². The van der Waals surface area contributed by atoms with E-state index in [1.165, 1.54) is 11.8 Å². The van der Waals surface area contributed by atoms with Crippen molar-refractivity contribution in [3.8, 4) is 0 Å². The van der Waals surface area contributed by atoms with Crippen LogP contribution in [0.4, 0.5) is 11.4 Å². The highest BCUT2D eigenvalue weighted by atomic mass is 35.5. The van der Waals surface area contributed by atoms with Gasteiger partial charge in [0.1, 0.15) is 0 Å². The maximum absolute atomic E-state index is 12.4. The number of aliphatic imine (C=N–C) groups is 1. The first-order valence-corrected chi connectivity index (χ1v) is 11.7. The second-order valence-electron chi connectivity index (χ2n) is 7.41. The van der Waals surface area contributed by atoms with Crippen molar-refractivity contribution < 1.29 is 14.7 Å². The molecule has 0 aliphatic carbocycles. The molecule has 1 saturated heterocycles. The lowest BCUT2D eigenvalue weighted by molar-refractivity contribution is -0.119. The van der Waals surface area contributed by atoms with Gasteiger partial charge in [-0.15, -0.1) is 0 Å². The Morgan fingerprint density at radius 3 is 2.62 bits per heavy atom. The number of nitrogens with zero attached hydrogens (tertiary/aromatic N) is 3. The lowest BCUT2D eigenvalue weighted by Gasteiger charge is -2.09. The minimum atomic E-state index is -0.247. The van der Waals surface area contributed by atoms with Gasteiger partial charge in [-0.1, -0.05) is 31.5 Å². The molecule has 176 valence electrons. The van der Waals surface area contributed by atoms with E-state index in [2.05, 4.69) is 25.6 Å². The largest absolute Gasteiger partial charge is 0.397 e. The normalized spacial score (nSPS) is 15.4. The molecule has 0 unspecified atom stereocenters. The Morgan fingerprint density at radius 2 is 1.91 bits per heavy atom. The summed E-state index contributed by atoms with van der Waals surface area (Å²) in [5.41, 5.74) is 3.41. The Labute approximate surface area is 206 Å². The van der Waals surface area contributed by atoms with Crippen LogP contribution in [0.2, 0.25) is 5.02 Å². The number of halogens is 1. The second kappa shape index (κ2) is 11.7. The van der Waals surface area contributed by atoms with Crippen LogP contribution in [0.15, 0.2) is 58.7 Å². The highest BCUT2D eigenvalue weighted by Gasteiger charge is 2.24. The van der Waals surface area contributed by atoms with Gasteiger partial charge < -0.3 is 15.7 Å². The van der Waals surface area contributed by atoms with Crippen LogP contribution in [0.3, 0.4) is 0 Å². The Balaban J connectivity index is 0.00000103. The molecule has 8 nitrogen and oxygen atoms in total. The fourth-order valence-electron chi connectivity index (χ4n) is 2.77. The van der Waals surface area contributed by atoms with E-state index in [1.54, 1.807) is 43.6 Å². The Morgan fingerprint density at radius 1 is 1.21 bits per heavy atom. The number of aromatic nitrogens is 2. The molecule has 1 fully saturated rings. The van der Waals surface area contributed by atoms with E-state index < -0.39 is 0 Å². The zero-order valence-electron chi connectivity index (χ0n) is 18.9. The number of aliphatic hydroxyl groups is 1. The first-order chi connectivity index (χ1) is 16.3. The topological polar surface area (TPSA) is 117 Å². The molecule has 4 rings (SSSR count). The first kappa shape index (κ1) is 25.4. The summed E-state index contributed by atoms with van der Waals surface area (Å²) in [6.07, 6.45) is 5.04. The van der Waals surface area contributed by atoms with E-state index in [9.17, 15) is 9.59 Å². The molecule has 3 aromatic rings. The number of nitrogens with one attached hydrogen (secondary N) is 2. The van der Waals surface area contributed by atoms with Crippen molar-refractivity contribution in [3.63, 3.8) is 0 Å². The van der Waals surface area contributed by atoms with Gasteiger partial charge >= 0.3 is 0 Å². The number of amides is 2. The summed E-state index contributed by atoms with van der Waals surface area (Å²) in [7, 11) is 0. The van der Waals surface area contributed by atoms with Crippen LogP contribution in [-0.2, 0) is 9.59 Å². The summed E-state index contributed by atoms with van der Waals surface area (Å²) < 4.78 is 0. The highest BCUT2D eigenvalue weighted by molar-refractivity contribution is 8.18. The van der Waals surface area contributed by atoms with Gasteiger partial charge in [-0.25, -0.2) is 4.99 Å². The maximum atomic E-state index is 12.4. The fourth-order valence-corrected chi connectivity index (χ4v) is 3.77. The highest BCUT2D eigenvalue weighted by Crippen LogP contribution is 2.33. The molecule has 1 aliphatic heterocycles. The van der Waals surface area contributed by atoms with Gasteiger partial charge in [0.05, 0.1) is 26.6 Å². The van der Waals surface area contributed by atoms with E-state index in [4.69, 9.17) is 16.7 Å². The van der Waals surface area contributed by atoms with Crippen LogP contribution in [-0.4, -0.2) is 38.7 Å². The summed E-state index contributed by atoms with van der Waals surface area (Å²) in [6, 6.07) is 10.6. The summed E-state index contributed by atoms with van der Waals surface area (Å²) in [4.78, 5) is 37.9. The lowest BCUT2D eigenvalue weighted by atomic mass is 10.2. The minimum absolute atomic E-state index is 0.102. The van der Waals surface area contributed by atoms with Crippen LogP contribution in [0.25, 0.3) is 17.1 Å². The number of thioether (sulfide) groups is 1. The van der Waals surface area contributed by atoms with E-state index in [1.807, 2.05) is 32.0 Å². The number of amidine groups is 1. The average molecular weight is 498 g/mol. The molecule has 2 heterocycles. The molecule has 2 aromatic carbocycles. The van der Waals surface area contributed by atoms with E-state index in [0.29, 0.717) is 26.5 Å². The number of hydrogen-bond donors (Lipinski definition) is 3. The van der Waals surface area contributed by atoms with Gasteiger partial charge in [0, 0.05) is 30.6 Å². The molecule has 0 radical (unpaired) electrons. The van der Waals surface area contributed by atoms with Crippen LogP contribution in [0, 0.1) is 5.92 Å². The van der Waals surface area contributed by atoms with Crippen molar-refractivity contribution in [2.75, 3.05) is 11.9 Å². The Hall–Kier alpha value is -3.27. The number of aliphatic hydroxyl groups excluding tert-OH is 1. The van der Waals surface area contributed by atoms with Crippen molar-refractivity contribution in [2.24, 2.45) is 10.9 Å². The first-order valence-electron chi connectivity index (χ1n) is 10.5. The van der Waals surface area contributed by atoms with Crippen molar-refractivity contribution >= 4 is 68.8 Å². The summed E-state index contributed by atoms with van der Waals surface area (Å²) in [5.74, 6) is -0.498. The fraction of sp³-hybridized carbons (Fsp3) is 0.208. The number of hydrogen-bond acceptors (Lipinski definition) is 7. The predicted molar refractivity (Wildman–Crippen MR) is 138 cm³/mol. The quantitative estimate of drug-likeness (QED) is 0.447. The van der Waals surface area contributed by atoms with E-state index in [0.717, 1.165) is 16.6 Å². The molecular weight excluding hydrogens is 474 g/mol. The molecule has 0 bridgehead atoms. The van der Waals surface area contributed by atoms with Crippen LogP contribution >= 0.6 is 23.4 Å².